The third-order valence-corrected chi connectivity index (χ3v) is 8.35. The molecule has 0 N–H and O–H groups in total. The number of hydrogen-bond donors (Lipinski definition) is 0. The summed E-state index contributed by atoms with van der Waals surface area (Å²) < 4.78 is 19.0. The summed E-state index contributed by atoms with van der Waals surface area (Å²) in [6.45, 7) is 10.4. The lowest BCUT2D eigenvalue weighted by Crippen LogP contribution is -2.52. The molecule has 0 heterocycles. The molecule has 5 unspecified atom stereocenters. The Bertz CT molecular complexity index is 548. The topological polar surface area (TPSA) is 44.8 Å². The molecule has 3 aliphatic rings. The van der Waals surface area contributed by atoms with Crippen LogP contribution in [0.2, 0.25) is 0 Å². The molecular weight excluding hydrogens is 431 g/mol. The van der Waals surface area contributed by atoms with Gasteiger partial charge >= 0.3 is 5.97 Å². The van der Waals surface area contributed by atoms with Crippen LogP contribution in [-0.4, -0.2) is 35.0 Å². The predicted octanol–water partition coefficient (Wildman–Crippen LogP) is 4.73. The Morgan fingerprint density at radius 2 is 1.92 bits per heavy atom. The number of fused-ring (bicyclic) bond motifs is 1. The van der Waals surface area contributed by atoms with Gasteiger partial charge in [0.1, 0.15) is 5.60 Å². The number of carbonyl (C=O) groups excluding carboxylic acids is 1. The molecule has 0 aliphatic heterocycles. The molecule has 144 valence electrons. The molecule has 5 atom stereocenters. The van der Waals surface area contributed by atoms with E-state index in [0.29, 0.717) is 17.3 Å². The van der Waals surface area contributed by atoms with E-state index >= 15 is 0 Å². The fourth-order valence-electron chi connectivity index (χ4n) is 5.33. The number of rotatable bonds is 7. The van der Waals surface area contributed by atoms with Crippen molar-refractivity contribution < 1.29 is 19.0 Å². The summed E-state index contributed by atoms with van der Waals surface area (Å²) in [5, 5.41) is 0. The van der Waals surface area contributed by atoms with Crippen molar-refractivity contribution in [3.63, 3.8) is 0 Å². The first kappa shape index (κ1) is 19.9. The summed E-state index contributed by atoms with van der Waals surface area (Å²) in [7, 11) is 1.71. The molecule has 0 saturated heterocycles. The van der Waals surface area contributed by atoms with Crippen LogP contribution >= 0.6 is 22.6 Å². The second kappa shape index (κ2) is 6.33. The fourth-order valence-corrected chi connectivity index (χ4v) is 5.64. The first-order chi connectivity index (χ1) is 11.5. The summed E-state index contributed by atoms with van der Waals surface area (Å²) >= 11 is 2.27. The van der Waals surface area contributed by atoms with Crippen molar-refractivity contribution in [2.45, 2.75) is 84.2 Å². The van der Waals surface area contributed by atoms with Crippen LogP contribution in [0.3, 0.4) is 0 Å². The van der Waals surface area contributed by atoms with Crippen LogP contribution in [-0.2, 0) is 19.0 Å². The molecule has 2 bridgehead atoms. The molecule has 3 fully saturated rings. The summed E-state index contributed by atoms with van der Waals surface area (Å²) in [5.74, 6) is 0.939. The van der Waals surface area contributed by atoms with E-state index in [4.69, 9.17) is 14.2 Å². The molecule has 0 amide bonds. The largest absolute Gasteiger partial charge is 0.458 e. The zero-order chi connectivity index (χ0) is 18.7. The van der Waals surface area contributed by atoms with E-state index in [1.54, 1.807) is 7.11 Å². The van der Waals surface area contributed by atoms with Gasteiger partial charge in [-0.15, -0.1) is 0 Å². The number of alkyl halides is 1. The van der Waals surface area contributed by atoms with E-state index in [1.807, 2.05) is 13.8 Å². The predicted molar refractivity (Wildman–Crippen MR) is 106 cm³/mol. The van der Waals surface area contributed by atoms with Crippen LogP contribution in [0.15, 0.2) is 0 Å². The van der Waals surface area contributed by atoms with Gasteiger partial charge in [0.2, 0.25) is 0 Å². The normalized spacial score (nSPS) is 40.7. The maximum absolute atomic E-state index is 12.8. The van der Waals surface area contributed by atoms with Crippen LogP contribution in [0.5, 0.6) is 0 Å². The minimum Gasteiger partial charge on any atom is -0.458 e. The second-order valence-electron chi connectivity index (χ2n) is 10.0. The molecule has 0 aromatic rings. The van der Waals surface area contributed by atoms with E-state index in [0.717, 1.165) is 30.1 Å². The van der Waals surface area contributed by atoms with E-state index in [1.165, 1.54) is 6.42 Å². The van der Waals surface area contributed by atoms with Crippen molar-refractivity contribution >= 4 is 28.6 Å². The summed E-state index contributed by atoms with van der Waals surface area (Å²) in [4.78, 5) is 12.8. The standard InChI is InChI=1S/C20H33IO4/c1-13(2)15(23-6)24-18(5)9-19-7-14(19)8-20(10-18,11-19)25-16(22)17(3,4)12-21/h13-15H,7-12H2,1-6H3. The lowest BCUT2D eigenvalue weighted by Gasteiger charge is -2.48. The number of hydrogen-bond acceptors (Lipinski definition) is 4. The zero-order valence-electron chi connectivity index (χ0n) is 16.5. The van der Waals surface area contributed by atoms with Gasteiger partial charge in [-0.05, 0) is 57.8 Å². The third-order valence-electron chi connectivity index (χ3n) is 6.45. The smallest absolute Gasteiger partial charge is 0.312 e. The van der Waals surface area contributed by atoms with E-state index in [-0.39, 0.29) is 23.5 Å². The molecule has 0 aromatic heterocycles. The molecule has 25 heavy (non-hydrogen) atoms. The minimum atomic E-state index is -0.434. The lowest BCUT2D eigenvalue weighted by atomic mass is 9.71. The Kier molecular flexibility index (Phi) is 5.03. The monoisotopic (exact) mass is 464 g/mol. The Balaban J connectivity index is 1.79. The first-order valence-corrected chi connectivity index (χ1v) is 11.0. The average Bonchev–Trinajstić information content (AvgIpc) is 3.05. The van der Waals surface area contributed by atoms with E-state index < -0.39 is 5.41 Å². The molecule has 3 aliphatic carbocycles. The van der Waals surface area contributed by atoms with Crippen molar-refractivity contribution in [2.75, 3.05) is 11.5 Å². The summed E-state index contributed by atoms with van der Waals surface area (Å²) in [6, 6.07) is 0. The summed E-state index contributed by atoms with van der Waals surface area (Å²) in [5.41, 5.74) is -0.734. The molecule has 1 spiro atoms. The Morgan fingerprint density at radius 3 is 2.48 bits per heavy atom. The van der Waals surface area contributed by atoms with Crippen molar-refractivity contribution in [1.29, 1.82) is 0 Å². The van der Waals surface area contributed by atoms with Gasteiger partial charge in [-0.25, -0.2) is 0 Å². The van der Waals surface area contributed by atoms with Crippen molar-refractivity contribution in [2.24, 2.45) is 22.7 Å². The van der Waals surface area contributed by atoms with Gasteiger partial charge in [-0.3, -0.25) is 4.79 Å². The van der Waals surface area contributed by atoms with Crippen LogP contribution in [0.4, 0.5) is 0 Å². The van der Waals surface area contributed by atoms with Gasteiger partial charge in [-0.2, -0.15) is 0 Å². The Hall–Kier alpha value is 0.120. The van der Waals surface area contributed by atoms with E-state index in [9.17, 15) is 4.79 Å². The van der Waals surface area contributed by atoms with Crippen molar-refractivity contribution in [3.8, 4) is 0 Å². The molecule has 0 radical (unpaired) electrons. The van der Waals surface area contributed by atoms with Gasteiger partial charge in [-0.1, -0.05) is 36.4 Å². The van der Waals surface area contributed by atoms with Gasteiger partial charge in [0.15, 0.2) is 6.29 Å². The number of esters is 1. The maximum atomic E-state index is 12.8. The Labute approximate surface area is 165 Å². The number of carbonyl (C=O) groups is 1. The highest BCUT2D eigenvalue weighted by atomic mass is 127. The number of halogens is 1. The molecule has 0 aromatic carbocycles. The minimum absolute atomic E-state index is 0.0604. The van der Waals surface area contributed by atoms with Crippen molar-refractivity contribution in [3.05, 3.63) is 0 Å². The van der Waals surface area contributed by atoms with Gasteiger partial charge in [0.25, 0.3) is 0 Å². The average molecular weight is 464 g/mol. The van der Waals surface area contributed by atoms with Crippen LogP contribution in [0.25, 0.3) is 0 Å². The molecule has 3 saturated carbocycles. The van der Waals surface area contributed by atoms with Gasteiger partial charge in [0, 0.05) is 23.9 Å². The third kappa shape index (κ3) is 3.62. The highest BCUT2D eigenvalue weighted by molar-refractivity contribution is 14.1. The lowest BCUT2D eigenvalue weighted by molar-refractivity contribution is -0.246. The highest BCUT2D eigenvalue weighted by Crippen LogP contribution is 2.75. The number of methoxy groups -OCH3 is 1. The van der Waals surface area contributed by atoms with Crippen LogP contribution < -0.4 is 0 Å². The molecule has 3 rings (SSSR count). The van der Waals surface area contributed by atoms with Gasteiger partial charge in [0.05, 0.1) is 11.0 Å². The second-order valence-corrected chi connectivity index (χ2v) is 10.8. The highest BCUT2D eigenvalue weighted by Gasteiger charge is 2.72. The zero-order valence-corrected chi connectivity index (χ0v) is 18.6. The summed E-state index contributed by atoms with van der Waals surface area (Å²) in [6.07, 6.45) is 4.93. The van der Waals surface area contributed by atoms with Crippen LogP contribution in [0, 0.1) is 22.7 Å². The maximum Gasteiger partial charge on any atom is 0.312 e. The van der Waals surface area contributed by atoms with Gasteiger partial charge < -0.3 is 14.2 Å². The first-order valence-electron chi connectivity index (χ1n) is 9.49. The molecule has 5 heteroatoms. The molecular formula is C20H33IO4. The number of ether oxygens (including phenoxy) is 3. The quantitative estimate of drug-likeness (QED) is 0.237. The van der Waals surface area contributed by atoms with Crippen molar-refractivity contribution in [1.82, 2.24) is 0 Å². The van der Waals surface area contributed by atoms with Crippen LogP contribution in [0.1, 0.15) is 66.7 Å². The molecule has 4 nitrogen and oxygen atoms in total. The fraction of sp³-hybridized carbons (Fsp3) is 0.950. The SMILES string of the molecule is COC(OC1(C)CC2(OC(=O)C(C)(C)CI)CC3CC3(C1)C2)C(C)C. The van der Waals surface area contributed by atoms with E-state index in [2.05, 4.69) is 43.4 Å². The Morgan fingerprint density at radius 1 is 1.24 bits per heavy atom.